The molecule has 1 aliphatic rings. The van der Waals surface area contributed by atoms with Crippen LogP contribution in [0.3, 0.4) is 0 Å². The molecule has 2 heterocycles. The highest BCUT2D eigenvalue weighted by molar-refractivity contribution is 5.52. The molecule has 0 radical (unpaired) electrons. The van der Waals surface area contributed by atoms with Crippen molar-refractivity contribution in [3.8, 4) is 5.75 Å². The summed E-state index contributed by atoms with van der Waals surface area (Å²) < 4.78 is 0. The van der Waals surface area contributed by atoms with E-state index in [4.69, 9.17) is 0 Å². The largest absolute Gasteiger partial charge is 0.508 e. The molecule has 98 valence electrons. The summed E-state index contributed by atoms with van der Waals surface area (Å²) in [5.41, 5.74) is 2.41. The molecule has 0 saturated carbocycles. The molecule has 1 aromatic heterocycles. The molecule has 2 aromatic rings. The highest BCUT2D eigenvalue weighted by Gasteiger charge is 2.17. The van der Waals surface area contributed by atoms with E-state index in [1.165, 1.54) is 11.4 Å². The fourth-order valence-electron chi connectivity index (χ4n) is 2.44. The van der Waals surface area contributed by atoms with E-state index in [1.807, 2.05) is 24.5 Å². The van der Waals surface area contributed by atoms with Crippen LogP contribution < -0.4 is 9.80 Å². The zero-order valence-corrected chi connectivity index (χ0v) is 10.7. The molecule has 4 heteroatoms. The number of pyridine rings is 1. The highest BCUT2D eigenvalue weighted by Crippen LogP contribution is 2.21. The van der Waals surface area contributed by atoms with Crippen molar-refractivity contribution >= 4 is 11.4 Å². The summed E-state index contributed by atoms with van der Waals surface area (Å²) in [7, 11) is 0. The minimum absolute atomic E-state index is 0.319. The number of hydrogen-bond acceptors (Lipinski definition) is 4. The Balaban J connectivity index is 1.65. The second-order valence-corrected chi connectivity index (χ2v) is 4.70. The molecule has 0 spiro atoms. The third kappa shape index (κ3) is 2.62. The van der Waals surface area contributed by atoms with Crippen LogP contribution >= 0.6 is 0 Å². The number of benzene rings is 1. The summed E-state index contributed by atoms with van der Waals surface area (Å²) in [6.45, 7) is 4.00. The second kappa shape index (κ2) is 5.18. The average Bonchev–Trinajstić information content (AvgIpc) is 2.49. The molecule has 4 nitrogen and oxygen atoms in total. The van der Waals surface area contributed by atoms with Gasteiger partial charge in [-0.3, -0.25) is 4.98 Å². The predicted molar refractivity (Wildman–Crippen MR) is 76.8 cm³/mol. The van der Waals surface area contributed by atoms with Gasteiger partial charge in [0.1, 0.15) is 5.75 Å². The number of piperazine rings is 1. The molecule has 0 bridgehead atoms. The van der Waals surface area contributed by atoms with Crippen LogP contribution in [0.1, 0.15) is 0 Å². The molecule has 1 saturated heterocycles. The maximum Gasteiger partial charge on any atom is 0.115 e. The Morgan fingerprint density at radius 1 is 0.737 bits per heavy atom. The first-order chi connectivity index (χ1) is 9.33. The van der Waals surface area contributed by atoms with Crippen LogP contribution in [-0.2, 0) is 0 Å². The summed E-state index contributed by atoms with van der Waals surface area (Å²) in [6.07, 6.45) is 3.67. The molecule has 0 unspecified atom stereocenters. The Bertz CT molecular complexity index is 519. The van der Waals surface area contributed by atoms with Gasteiger partial charge in [0, 0.05) is 49.9 Å². The number of anilines is 2. The van der Waals surface area contributed by atoms with Gasteiger partial charge in [-0.15, -0.1) is 0 Å². The molecule has 1 aromatic carbocycles. The lowest BCUT2D eigenvalue weighted by molar-refractivity contribution is 0.475. The lowest BCUT2D eigenvalue weighted by Crippen LogP contribution is -2.46. The molecule has 1 fully saturated rings. The smallest absolute Gasteiger partial charge is 0.115 e. The fraction of sp³-hybridized carbons (Fsp3) is 0.267. The summed E-state index contributed by atoms with van der Waals surface area (Å²) in [5.74, 6) is 0.319. The molecule has 0 amide bonds. The third-order valence-electron chi connectivity index (χ3n) is 3.52. The van der Waals surface area contributed by atoms with Gasteiger partial charge >= 0.3 is 0 Å². The van der Waals surface area contributed by atoms with Gasteiger partial charge in [-0.05, 0) is 36.4 Å². The van der Waals surface area contributed by atoms with Crippen molar-refractivity contribution < 1.29 is 5.11 Å². The molecule has 1 aliphatic heterocycles. The molecular weight excluding hydrogens is 238 g/mol. The van der Waals surface area contributed by atoms with Crippen molar-refractivity contribution in [3.63, 3.8) is 0 Å². The van der Waals surface area contributed by atoms with Crippen LogP contribution in [0.2, 0.25) is 0 Å². The maximum absolute atomic E-state index is 9.31. The number of hydrogen-bond donors (Lipinski definition) is 1. The van der Waals surface area contributed by atoms with Gasteiger partial charge < -0.3 is 14.9 Å². The Labute approximate surface area is 112 Å². The molecule has 0 aliphatic carbocycles. The minimum Gasteiger partial charge on any atom is -0.508 e. The van der Waals surface area contributed by atoms with Gasteiger partial charge in [0.25, 0.3) is 0 Å². The van der Waals surface area contributed by atoms with Crippen molar-refractivity contribution in [2.75, 3.05) is 36.0 Å². The standard InChI is InChI=1S/C15H17N3O/c19-15-3-1-13(2-4-15)17-9-11-18(12-10-17)14-5-7-16-8-6-14/h1-8,19H,9-12H2. The van der Waals surface area contributed by atoms with Gasteiger partial charge in [-0.1, -0.05) is 0 Å². The number of phenolic OH excluding ortho intramolecular Hbond substituents is 1. The number of aromatic nitrogens is 1. The highest BCUT2D eigenvalue weighted by atomic mass is 16.3. The molecule has 19 heavy (non-hydrogen) atoms. The maximum atomic E-state index is 9.31. The zero-order chi connectivity index (χ0) is 13.1. The van der Waals surface area contributed by atoms with Crippen molar-refractivity contribution in [1.82, 2.24) is 4.98 Å². The minimum atomic E-state index is 0.319. The predicted octanol–water partition coefficient (Wildman–Crippen LogP) is 2.11. The van der Waals surface area contributed by atoms with E-state index in [9.17, 15) is 5.11 Å². The van der Waals surface area contributed by atoms with Gasteiger partial charge in [0.15, 0.2) is 0 Å². The normalized spacial score (nSPS) is 15.6. The first-order valence-corrected chi connectivity index (χ1v) is 6.52. The van der Waals surface area contributed by atoms with Crippen molar-refractivity contribution in [2.24, 2.45) is 0 Å². The van der Waals surface area contributed by atoms with E-state index >= 15 is 0 Å². The fourth-order valence-corrected chi connectivity index (χ4v) is 2.44. The summed E-state index contributed by atoms with van der Waals surface area (Å²) >= 11 is 0. The number of aromatic hydroxyl groups is 1. The molecule has 1 N–H and O–H groups in total. The van der Waals surface area contributed by atoms with Gasteiger partial charge in [0.2, 0.25) is 0 Å². The van der Waals surface area contributed by atoms with E-state index in [0.717, 1.165) is 26.2 Å². The summed E-state index contributed by atoms with van der Waals surface area (Å²) in [4.78, 5) is 8.77. The SMILES string of the molecule is Oc1ccc(N2CCN(c3ccncc3)CC2)cc1. The van der Waals surface area contributed by atoms with Crippen LogP contribution in [0.4, 0.5) is 11.4 Å². The Hall–Kier alpha value is -2.23. The van der Waals surface area contributed by atoms with Gasteiger partial charge in [-0.2, -0.15) is 0 Å². The van der Waals surface area contributed by atoms with Gasteiger partial charge in [-0.25, -0.2) is 0 Å². The number of rotatable bonds is 2. The molecule has 3 rings (SSSR count). The van der Waals surface area contributed by atoms with Crippen molar-refractivity contribution in [3.05, 3.63) is 48.8 Å². The monoisotopic (exact) mass is 255 g/mol. The van der Waals surface area contributed by atoms with Crippen LogP contribution in [0, 0.1) is 0 Å². The zero-order valence-electron chi connectivity index (χ0n) is 10.7. The lowest BCUT2D eigenvalue weighted by atomic mass is 10.2. The molecular formula is C15H17N3O. The van der Waals surface area contributed by atoms with Crippen LogP contribution in [-0.4, -0.2) is 36.3 Å². The van der Waals surface area contributed by atoms with Gasteiger partial charge in [0.05, 0.1) is 0 Å². The lowest BCUT2D eigenvalue weighted by Gasteiger charge is -2.37. The second-order valence-electron chi connectivity index (χ2n) is 4.70. The van der Waals surface area contributed by atoms with E-state index in [1.54, 1.807) is 12.1 Å². The van der Waals surface area contributed by atoms with Crippen LogP contribution in [0.15, 0.2) is 48.8 Å². The van der Waals surface area contributed by atoms with E-state index < -0.39 is 0 Å². The van der Waals surface area contributed by atoms with E-state index in [0.29, 0.717) is 5.75 Å². The van der Waals surface area contributed by atoms with Crippen molar-refractivity contribution in [1.29, 1.82) is 0 Å². The first-order valence-electron chi connectivity index (χ1n) is 6.52. The van der Waals surface area contributed by atoms with Crippen LogP contribution in [0.5, 0.6) is 5.75 Å². The first kappa shape index (κ1) is 11.8. The molecule has 0 atom stereocenters. The third-order valence-corrected chi connectivity index (χ3v) is 3.52. The Kier molecular flexibility index (Phi) is 3.23. The quantitative estimate of drug-likeness (QED) is 0.892. The average molecular weight is 255 g/mol. The summed E-state index contributed by atoms with van der Waals surface area (Å²) in [6, 6.07) is 11.5. The number of nitrogens with zero attached hydrogens (tertiary/aromatic N) is 3. The van der Waals surface area contributed by atoms with E-state index in [2.05, 4.69) is 26.9 Å². The Morgan fingerprint density at radius 3 is 1.74 bits per heavy atom. The summed E-state index contributed by atoms with van der Waals surface area (Å²) in [5, 5.41) is 9.31. The van der Waals surface area contributed by atoms with Crippen molar-refractivity contribution in [2.45, 2.75) is 0 Å². The topological polar surface area (TPSA) is 39.6 Å². The number of phenols is 1. The van der Waals surface area contributed by atoms with Crippen LogP contribution in [0.25, 0.3) is 0 Å². The van der Waals surface area contributed by atoms with E-state index in [-0.39, 0.29) is 0 Å². The Morgan fingerprint density at radius 2 is 1.21 bits per heavy atom.